The number of amides is 1. The van der Waals surface area contributed by atoms with Crippen LogP contribution in [0.3, 0.4) is 0 Å². The molecule has 3 rings (SSSR count). The molecule has 1 aliphatic rings. The van der Waals surface area contributed by atoms with E-state index in [0.29, 0.717) is 12.5 Å². The number of aryl methyl sites for hydroxylation is 2. The van der Waals surface area contributed by atoms with Gasteiger partial charge >= 0.3 is 0 Å². The van der Waals surface area contributed by atoms with E-state index in [9.17, 15) is 4.79 Å². The average Bonchev–Trinajstić information content (AvgIpc) is 3.19. The zero-order valence-electron chi connectivity index (χ0n) is 13.4. The van der Waals surface area contributed by atoms with Crippen molar-refractivity contribution in [2.45, 2.75) is 39.2 Å². The SMILES string of the molecule is CCc1nc(CN(C)C(=O)[C@@H]2C[C@H]2c2cccc(C)c2)cs1. The minimum atomic E-state index is 0.149. The summed E-state index contributed by atoms with van der Waals surface area (Å²) >= 11 is 1.68. The Kier molecular flexibility index (Phi) is 4.30. The van der Waals surface area contributed by atoms with E-state index < -0.39 is 0 Å². The van der Waals surface area contributed by atoms with E-state index in [2.05, 4.69) is 48.5 Å². The maximum atomic E-state index is 12.6. The van der Waals surface area contributed by atoms with Gasteiger partial charge in [-0.15, -0.1) is 11.3 Å². The smallest absolute Gasteiger partial charge is 0.226 e. The van der Waals surface area contributed by atoms with E-state index in [-0.39, 0.29) is 11.8 Å². The molecule has 116 valence electrons. The summed E-state index contributed by atoms with van der Waals surface area (Å²) in [7, 11) is 1.89. The number of carbonyl (C=O) groups excluding carboxylic acids is 1. The van der Waals surface area contributed by atoms with Gasteiger partial charge in [0.15, 0.2) is 0 Å². The fraction of sp³-hybridized carbons (Fsp3) is 0.444. The number of benzene rings is 1. The molecule has 0 radical (unpaired) electrons. The molecule has 0 N–H and O–H groups in total. The van der Waals surface area contributed by atoms with E-state index in [4.69, 9.17) is 0 Å². The lowest BCUT2D eigenvalue weighted by molar-refractivity contribution is -0.131. The van der Waals surface area contributed by atoms with Crippen LogP contribution in [0.5, 0.6) is 0 Å². The van der Waals surface area contributed by atoms with E-state index in [0.717, 1.165) is 23.5 Å². The van der Waals surface area contributed by atoms with Crippen molar-refractivity contribution in [3.05, 3.63) is 51.5 Å². The predicted octanol–water partition coefficient (Wildman–Crippen LogP) is 3.78. The lowest BCUT2D eigenvalue weighted by Gasteiger charge is -2.16. The zero-order chi connectivity index (χ0) is 15.7. The Labute approximate surface area is 136 Å². The first-order valence-corrected chi connectivity index (χ1v) is 8.71. The van der Waals surface area contributed by atoms with Gasteiger partial charge in [0.1, 0.15) is 0 Å². The number of nitrogens with zero attached hydrogens (tertiary/aromatic N) is 2. The van der Waals surface area contributed by atoms with Crippen LogP contribution in [-0.2, 0) is 17.8 Å². The maximum absolute atomic E-state index is 12.6. The Morgan fingerprint density at radius 2 is 2.27 bits per heavy atom. The molecule has 0 spiro atoms. The zero-order valence-corrected chi connectivity index (χ0v) is 14.2. The van der Waals surface area contributed by atoms with E-state index in [1.165, 1.54) is 11.1 Å². The van der Waals surface area contributed by atoms with Crippen molar-refractivity contribution in [2.24, 2.45) is 5.92 Å². The third-order valence-electron chi connectivity index (χ3n) is 4.26. The van der Waals surface area contributed by atoms with E-state index >= 15 is 0 Å². The quantitative estimate of drug-likeness (QED) is 0.841. The lowest BCUT2D eigenvalue weighted by Crippen LogP contribution is -2.28. The summed E-state index contributed by atoms with van der Waals surface area (Å²) in [5, 5.41) is 3.20. The van der Waals surface area contributed by atoms with Crippen molar-refractivity contribution in [1.82, 2.24) is 9.88 Å². The van der Waals surface area contributed by atoms with Gasteiger partial charge in [-0.2, -0.15) is 0 Å². The molecule has 1 saturated carbocycles. The van der Waals surface area contributed by atoms with Gasteiger partial charge in [-0.3, -0.25) is 4.79 Å². The molecule has 0 unspecified atom stereocenters. The maximum Gasteiger partial charge on any atom is 0.226 e. The molecule has 1 aromatic carbocycles. The second-order valence-electron chi connectivity index (χ2n) is 6.14. The van der Waals surface area contributed by atoms with Crippen molar-refractivity contribution < 1.29 is 4.79 Å². The topological polar surface area (TPSA) is 33.2 Å². The molecule has 0 bridgehead atoms. The van der Waals surface area contributed by atoms with Crippen molar-refractivity contribution in [2.75, 3.05) is 7.05 Å². The standard InChI is InChI=1S/C18H22N2OS/c1-4-17-19-14(11-22-17)10-20(3)18(21)16-9-15(16)13-7-5-6-12(2)8-13/h5-8,11,15-16H,4,9-10H2,1-3H3/t15-,16+/m0/s1. The van der Waals surface area contributed by atoms with Gasteiger partial charge in [-0.25, -0.2) is 4.98 Å². The Morgan fingerprint density at radius 3 is 2.95 bits per heavy atom. The first kappa shape index (κ1) is 15.2. The number of hydrogen-bond acceptors (Lipinski definition) is 3. The molecular weight excluding hydrogens is 292 g/mol. The first-order valence-electron chi connectivity index (χ1n) is 7.83. The van der Waals surface area contributed by atoms with Crippen LogP contribution in [0.4, 0.5) is 0 Å². The summed E-state index contributed by atoms with van der Waals surface area (Å²) in [6.45, 7) is 4.82. The number of hydrogen-bond donors (Lipinski definition) is 0. The van der Waals surface area contributed by atoms with Gasteiger partial charge in [0.2, 0.25) is 5.91 Å². The summed E-state index contributed by atoms with van der Waals surface area (Å²) in [4.78, 5) is 18.9. The Hall–Kier alpha value is -1.68. The second kappa shape index (κ2) is 6.21. The molecule has 4 heteroatoms. The highest BCUT2D eigenvalue weighted by molar-refractivity contribution is 7.09. The Balaban J connectivity index is 1.60. The minimum Gasteiger partial charge on any atom is -0.340 e. The normalized spacial score (nSPS) is 20.0. The number of rotatable bonds is 5. The van der Waals surface area contributed by atoms with Gasteiger partial charge in [-0.1, -0.05) is 36.8 Å². The minimum absolute atomic E-state index is 0.149. The number of aromatic nitrogens is 1. The van der Waals surface area contributed by atoms with Crippen molar-refractivity contribution in [3.63, 3.8) is 0 Å². The molecule has 1 fully saturated rings. The monoisotopic (exact) mass is 314 g/mol. The largest absolute Gasteiger partial charge is 0.340 e. The molecule has 1 heterocycles. The first-order chi connectivity index (χ1) is 10.6. The molecule has 2 aromatic rings. The summed E-state index contributed by atoms with van der Waals surface area (Å²) in [6.07, 6.45) is 1.93. The highest BCUT2D eigenvalue weighted by Crippen LogP contribution is 2.48. The van der Waals surface area contributed by atoms with Crippen LogP contribution in [-0.4, -0.2) is 22.8 Å². The van der Waals surface area contributed by atoms with E-state index in [1.807, 2.05) is 11.9 Å². The van der Waals surface area contributed by atoms with Crippen molar-refractivity contribution in [3.8, 4) is 0 Å². The van der Waals surface area contributed by atoms with Crippen LogP contribution >= 0.6 is 11.3 Å². The molecule has 2 atom stereocenters. The molecule has 3 nitrogen and oxygen atoms in total. The molecule has 1 amide bonds. The summed E-state index contributed by atoms with van der Waals surface area (Å²) < 4.78 is 0. The van der Waals surface area contributed by atoms with Gasteiger partial charge in [-0.05, 0) is 31.2 Å². The third kappa shape index (κ3) is 3.22. The Bertz CT molecular complexity index is 679. The van der Waals surface area contributed by atoms with Crippen molar-refractivity contribution in [1.29, 1.82) is 0 Å². The Morgan fingerprint density at radius 1 is 1.45 bits per heavy atom. The molecule has 1 aliphatic carbocycles. The summed E-state index contributed by atoms with van der Waals surface area (Å²) in [5.41, 5.74) is 3.57. The van der Waals surface area contributed by atoms with E-state index in [1.54, 1.807) is 11.3 Å². The summed E-state index contributed by atoms with van der Waals surface area (Å²) in [6, 6.07) is 8.52. The molecule has 1 aromatic heterocycles. The van der Waals surface area contributed by atoms with Crippen LogP contribution in [0.25, 0.3) is 0 Å². The fourth-order valence-electron chi connectivity index (χ4n) is 2.92. The highest BCUT2D eigenvalue weighted by Gasteiger charge is 2.45. The molecule has 0 saturated heterocycles. The van der Waals surface area contributed by atoms with Gasteiger partial charge in [0.25, 0.3) is 0 Å². The van der Waals surface area contributed by atoms with Gasteiger partial charge < -0.3 is 4.90 Å². The molecule has 22 heavy (non-hydrogen) atoms. The van der Waals surface area contributed by atoms with Crippen LogP contribution in [0.15, 0.2) is 29.6 Å². The van der Waals surface area contributed by atoms with Crippen molar-refractivity contribution >= 4 is 17.2 Å². The number of thiazole rings is 1. The van der Waals surface area contributed by atoms with Gasteiger partial charge in [0, 0.05) is 18.3 Å². The summed E-state index contributed by atoms with van der Waals surface area (Å²) in [5.74, 6) is 0.796. The third-order valence-corrected chi connectivity index (χ3v) is 5.30. The highest BCUT2D eigenvalue weighted by atomic mass is 32.1. The molecule has 0 aliphatic heterocycles. The van der Waals surface area contributed by atoms with Gasteiger partial charge in [0.05, 0.1) is 17.2 Å². The average molecular weight is 314 g/mol. The van der Waals surface area contributed by atoms with Crippen LogP contribution in [0.2, 0.25) is 0 Å². The van der Waals surface area contributed by atoms with Crippen LogP contribution in [0.1, 0.15) is 41.1 Å². The molecular formula is C18H22N2OS. The lowest BCUT2D eigenvalue weighted by atomic mass is 10.1. The second-order valence-corrected chi connectivity index (χ2v) is 7.09. The number of carbonyl (C=O) groups is 1. The predicted molar refractivity (Wildman–Crippen MR) is 90.0 cm³/mol. The van der Waals surface area contributed by atoms with Crippen LogP contribution in [0, 0.1) is 12.8 Å². The van der Waals surface area contributed by atoms with Crippen LogP contribution < -0.4 is 0 Å². The fourth-order valence-corrected chi connectivity index (χ4v) is 3.66.